The van der Waals surface area contributed by atoms with Crippen molar-refractivity contribution in [1.29, 1.82) is 5.26 Å². The molecule has 2 saturated heterocycles. The molecule has 0 radical (unpaired) electrons. The molecule has 1 N–H and O–H groups in total. The van der Waals surface area contributed by atoms with Crippen LogP contribution < -0.4 is 5.32 Å². The number of hydrogen-bond donors (Lipinski definition) is 1. The van der Waals surface area contributed by atoms with Crippen LogP contribution in [0.4, 0.5) is 9.18 Å². The highest BCUT2D eigenvalue weighted by molar-refractivity contribution is 5.75. The Bertz CT molecular complexity index is 623. The van der Waals surface area contributed by atoms with Crippen molar-refractivity contribution in [2.45, 2.75) is 44.4 Å². The minimum atomic E-state index is -0.415. The summed E-state index contributed by atoms with van der Waals surface area (Å²) in [7, 11) is 0. The van der Waals surface area contributed by atoms with E-state index in [9.17, 15) is 9.18 Å². The molecule has 2 aliphatic rings. The van der Waals surface area contributed by atoms with E-state index >= 15 is 0 Å². The molecule has 3 rings (SSSR count). The van der Waals surface area contributed by atoms with Gasteiger partial charge in [0.25, 0.3) is 0 Å². The van der Waals surface area contributed by atoms with E-state index in [1.165, 1.54) is 18.2 Å². The van der Waals surface area contributed by atoms with Crippen molar-refractivity contribution in [3.63, 3.8) is 0 Å². The Labute approximate surface area is 135 Å². The molecular formula is C17H20FN3O2. The van der Waals surface area contributed by atoms with Crippen molar-refractivity contribution in [1.82, 2.24) is 10.2 Å². The van der Waals surface area contributed by atoms with Crippen LogP contribution >= 0.6 is 0 Å². The average molecular weight is 317 g/mol. The molecule has 2 aliphatic heterocycles. The predicted molar refractivity (Wildman–Crippen MR) is 82.1 cm³/mol. The molecule has 122 valence electrons. The highest BCUT2D eigenvalue weighted by atomic mass is 19.1. The Hall–Kier alpha value is -2.13. The second-order valence-electron chi connectivity index (χ2n) is 6.03. The summed E-state index contributed by atoms with van der Waals surface area (Å²) in [6.07, 6.45) is 4.09. The molecule has 6 heteroatoms. The molecule has 2 atom stereocenters. The molecule has 2 amide bonds. The number of nitrogens with one attached hydrogen (secondary N) is 1. The van der Waals surface area contributed by atoms with Crippen LogP contribution in [0, 0.1) is 17.1 Å². The Morgan fingerprint density at radius 3 is 3.04 bits per heavy atom. The fourth-order valence-corrected chi connectivity index (χ4v) is 3.39. The first-order chi connectivity index (χ1) is 11.2. The standard InChI is InChI=1S/C17H20FN3O2/c18-14-6-5-12(10-19)9-13(14)11-20-17(22)21-7-1-3-15(21)16-4-2-8-23-16/h5-6,9,15-16H,1-4,7-8,11H2,(H,20,22)/t15-,16+/m1/s1. The number of carbonyl (C=O) groups is 1. The lowest BCUT2D eigenvalue weighted by molar-refractivity contribution is 0.0520. The van der Waals surface area contributed by atoms with E-state index in [-0.39, 0.29) is 24.7 Å². The summed E-state index contributed by atoms with van der Waals surface area (Å²) in [6.45, 7) is 1.55. The molecule has 0 aromatic heterocycles. The van der Waals surface area contributed by atoms with Gasteiger partial charge in [0.2, 0.25) is 0 Å². The number of urea groups is 1. The van der Waals surface area contributed by atoms with E-state index in [0.717, 1.165) is 32.3 Å². The SMILES string of the molecule is N#Cc1ccc(F)c(CNC(=O)N2CCC[C@@H]2[C@@H]2CCCO2)c1. The molecule has 1 aromatic rings. The van der Waals surface area contributed by atoms with E-state index in [2.05, 4.69) is 5.32 Å². The number of halogens is 1. The molecule has 1 aromatic carbocycles. The van der Waals surface area contributed by atoms with Crippen LogP contribution in [-0.2, 0) is 11.3 Å². The number of ether oxygens (including phenoxy) is 1. The third-order valence-corrected chi connectivity index (χ3v) is 4.56. The van der Waals surface area contributed by atoms with E-state index in [0.29, 0.717) is 17.7 Å². The number of benzene rings is 1. The number of carbonyl (C=O) groups excluding carboxylic acids is 1. The van der Waals surface area contributed by atoms with E-state index in [1.807, 2.05) is 11.0 Å². The van der Waals surface area contributed by atoms with Crippen LogP contribution in [0.1, 0.15) is 36.8 Å². The summed E-state index contributed by atoms with van der Waals surface area (Å²) in [5.41, 5.74) is 0.708. The van der Waals surface area contributed by atoms with Gasteiger partial charge in [-0.05, 0) is 43.9 Å². The van der Waals surface area contributed by atoms with Gasteiger partial charge < -0.3 is 15.0 Å². The summed E-state index contributed by atoms with van der Waals surface area (Å²) < 4.78 is 19.5. The van der Waals surface area contributed by atoms with Gasteiger partial charge in [-0.1, -0.05) is 0 Å². The van der Waals surface area contributed by atoms with Gasteiger partial charge in [-0.2, -0.15) is 5.26 Å². The summed E-state index contributed by atoms with van der Waals surface area (Å²) in [5.74, 6) is -0.415. The summed E-state index contributed by atoms with van der Waals surface area (Å²) in [4.78, 5) is 14.2. The fourth-order valence-electron chi connectivity index (χ4n) is 3.39. The van der Waals surface area contributed by atoms with Gasteiger partial charge in [-0.15, -0.1) is 0 Å². The molecular weight excluding hydrogens is 297 g/mol. The molecule has 0 saturated carbocycles. The Morgan fingerprint density at radius 2 is 2.30 bits per heavy atom. The second-order valence-corrected chi connectivity index (χ2v) is 6.03. The van der Waals surface area contributed by atoms with Crippen molar-refractivity contribution in [3.05, 3.63) is 35.1 Å². The quantitative estimate of drug-likeness (QED) is 0.932. The largest absolute Gasteiger partial charge is 0.376 e. The number of hydrogen-bond acceptors (Lipinski definition) is 3. The third kappa shape index (κ3) is 3.45. The minimum absolute atomic E-state index is 0.0783. The number of likely N-dealkylation sites (tertiary alicyclic amines) is 1. The maximum atomic E-state index is 13.8. The van der Waals surface area contributed by atoms with Crippen molar-refractivity contribution in [2.75, 3.05) is 13.2 Å². The molecule has 0 bridgehead atoms. The summed E-state index contributed by atoms with van der Waals surface area (Å²) in [5, 5.41) is 11.6. The highest BCUT2D eigenvalue weighted by Crippen LogP contribution is 2.27. The van der Waals surface area contributed by atoms with Gasteiger partial charge in [-0.25, -0.2) is 9.18 Å². The first kappa shape index (κ1) is 15.8. The zero-order chi connectivity index (χ0) is 16.2. The van der Waals surface area contributed by atoms with Gasteiger partial charge in [-0.3, -0.25) is 0 Å². The van der Waals surface area contributed by atoms with Crippen molar-refractivity contribution < 1.29 is 13.9 Å². The molecule has 0 spiro atoms. The van der Waals surface area contributed by atoms with Gasteiger partial charge in [0.1, 0.15) is 5.82 Å². The normalized spacial score (nSPS) is 23.7. The Morgan fingerprint density at radius 1 is 1.43 bits per heavy atom. The average Bonchev–Trinajstić information content (AvgIpc) is 3.24. The van der Waals surface area contributed by atoms with Crippen molar-refractivity contribution in [2.24, 2.45) is 0 Å². The Balaban J connectivity index is 1.61. The van der Waals surface area contributed by atoms with Crippen molar-refractivity contribution >= 4 is 6.03 Å². The molecule has 2 fully saturated rings. The molecule has 0 aliphatic carbocycles. The number of nitriles is 1. The lowest BCUT2D eigenvalue weighted by Crippen LogP contribution is -2.47. The smallest absolute Gasteiger partial charge is 0.318 e. The molecule has 23 heavy (non-hydrogen) atoms. The molecule has 2 heterocycles. The van der Waals surface area contributed by atoms with Crippen LogP contribution in [0.25, 0.3) is 0 Å². The van der Waals surface area contributed by atoms with Crippen molar-refractivity contribution in [3.8, 4) is 6.07 Å². The maximum absolute atomic E-state index is 13.8. The first-order valence-electron chi connectivity index (χ1n) is 8.03. The van der Waals surface area contributed by atoms with Crippen LogP contribution in [-0.4, -0.2) is 36.2 Å². The summed E-state index contributed by atoms with van der Waals surface area (Å²) in [6, 6.07) is 6.05. The van der Waals surface area contributed by atoms with Crippen LogP contribution in [0.3, 0.4) is 0 Å². The lowest BCUT2D eigenvalue weighted by Gasteiger charge is -2.29. The Kier molecular flexibility index (Phi) is 4.77. The zero-order valence-electron chi connectivity index (χ0n) is 12.9. The van der Waals surface area contributed by atoms with E-state index in [1.54, 1.807) is 0 Å². The highest BCUT2D eigenvalue weighted by Gasteiger charge is 2.36. The maximum Gasteiger partial charge on any atom is 0.318 e. The fraction of sp³-hybridized carbons (Fsp3) is 0.529. The van der Waals surface area contributed by atoms with Gasteiger partial charge in [0.05, 0.1) is 23.8 Å². The second kappa shape index (κ2) is 6.97. The number of nitrogens with zero attached hydrogens (tertiary/aromatic N) is 2. The van der Waals surface area contributed by atoms with Gasteiger partial charge in [0, 0.05) is 25.3 Å². The topological polar surface area (TPSA) is 65.4 Å². The first-order valence-corrected chi connectivity index (χ1v) is 8.03. The van der Waals surface area contributed by atoms with Crippen LogP contribution in [0.5, 0.6) is 0 Å². The van der Waals surface area contributed by atoms with Gasteiger partial charge in [0.15, 0.2) is 0 Å². The summed E-state index contributed by atoms with van der Waals surface area (Å²) >= 11 is 0. The predicted octanol–water partition coefficient (Wildman–Crippen LogP) is 2.55. The van der Waals surface area contributed by atoms with Gasteiger partial charge >= 0.3 is 6.03 Å². The minimum Gasteiger partial charge on any atom is -0.376 e. The number of rotatable bonds is 3. The van der Waals surface area contributed by atoms with E-state index < -0.39 is 5.82 Å². The van der Waals surface area contributed by atoms with Crippen LogP contribution in [0.15, 0.2) is 18.2 Å². The number of amides is 2. The van der Waals surface area contributed by atoms with E-state index in [4.69, 9.17) is 10.00 Å². The third-order valence-electron chi connectivity index (χ3n) is 4.56. The lowest BCUT2D eigenvalue weighted by atomic mass is 10.1. The van der Waals surface area contributed by atoms with Crippen LogP contribution in [0.2, 0.25) is 0 Å². The molecule has 5 nitrogen and oxygen atoms in total. The monoisotopic (exact) mass is 317 g/mol. The zero-order valence-corrected chi connectivity index (χ0v) is 12.9. The molecule has 0 unspecified atom stereocenters.